The molecule has 566 valence electrons. The number of anilines is 6. The fraction of sp³-hybridized carbons (Fsp3) is 0.105. The minimum absolute atomic E-state index is 0.0358. The molecule has 17 aromatic carbocycles. The van der Waals surface area contributed by atoms with Gasteiger partial charge in [0.25, 0.3) is 6.71 Å². The Balaban J connectivity index is 1.05. The third-order valence-electron chi connectivity index (χ3n) is 25.2. The molecule has 0 bridgehead atoms. The van der Waals surface area contributed by atoms with Crippen LogP contribution in [-0.2, 0) is 16.2 Å². The highest BCUT2D eigenvalue weighted by Gasteiger charge is 2.47. The number of rotatable bonds is 6. The SMILES string of the molecule is [2H]c1c([2H])c([2H])c2c(c1[2H])c1c([2H])c([2H])c([2H])c3c4ccccc4c4ccccc4c4cc5c(cc4n2c31)N(c1c(-c2ccccc2)cc(C(C)(C)C)cc1-c1ccccc1)c1cc(C(C)(C)C)cc2c1B5c1cc3c4ccccc4c4ccccc4c4c([2H])c([2H])c([2H])c5c6c([2H])c([2H])c([2H])c([2H])c6n(c3cc1N2c1c(-c2ccccc2)cc(C(C)(C)C)cc1-c1ccccc1)c45. The monoisotopic (exact) mass is 1540 g/mol. The second-order valence-electron chi connectivity index (χ2n) is 35.2. The number of hydrogen-bond donors (Lipinski definition) is 0. The van der Waals surface area contributed by atoms with Crippen LogP contribution in [0.25, 0.3) is 164 Å². The lowest BCUT2D eigenvalue weighted by atomic mass is 9.33. The van der Waals surface area contributed by atoms with E-state index >= 15 is 0 Å². The van der Waals surface area contributed by atoms with Crippen molar-refractivity contribution >= 4 is 177 Å². The Bertz CT molecular complexity index is 8260. The summed E-state index contributed by atoms with van der Waals surface area (Å²) in [6.45, 7) is 19.3. The second-order valence-corrected chi connectivity index (χ2v) is 35.2. The molecule has 0 atom stereocenters. The quantitative estimate of drug-likeness (QED) is 0.154. The molecule has 23 rings (SSSR count). The topological polar surface area (TPSA) is 15.3 Å². The van der Waals surface area contributed by atoms with Crippen LogP contribution < -0.4 is 26.2 Å². The Morgan fingerprint density at radius 2 is 0.496 bits per heavy atom. The van der Waals surface area contributed by atoms with E-state index in [1.165, 1.54) is 0 Å². The van der Waals surface area contributed by atoms with E-state index < -0.39 is 71.3 Å². The molecule has 0 saturated heterocycles. The maximum atomic E-state index is 10.5. The third kappa shape index (κ3) is 10.7. The van der Waals surface area contributed by atoms with Gasteiger partial charge in [-0.3, -0.25) is 0 Å². The summed E-state index contributed by atoms with van der Waals surface area (Å²) in [4.78, 5) is 4.94. The molecule has 0 unspecified atom stereocenters. The molecule has 6 heterocycles. The van der Waals surface area contributed by atoms with Crippen molar-refractivity contribution < 1.29 is 19.2 Å². The van der Waals surface area contributed by atoms with Gasteiger partial charge in [0.15, 0.2) is 0 Å². The van der Waals surface area contributed by atoms with E-state index in [0.29, 0.717) is 54.7 Å². The number of benzene rings is 17. The van der Waals surface area contributed by atoms with E-state index in [1.807, 2.05) is 106 Å². The minimum Gasteiger partial charge on any atom is -0.310 e. The van der Waals surface area contributed by atoms with Gasteiger partial charge < -0.3 is 18.6 Å². The van der Waals surface area contributed by atoms with E-state index in [2.05, 4.69) is 254 Å². The van der Waals surface area contributed by atoms with Gasteiger partial charge in [-0.25, -0.2) is 0 Å². The summed E-state index contributed by atoms with van der Waals surface area (Å²) >= 11 is 0. The first-order valence-corrected chi connectivity index (χ1v) is 41.0. The summed E-state index contributed by atoms with van der Waals surface area (Å²) in [6, 6.07) is 91.7. The maximum absolute atomic E-state index is 10.5. The van der Waals surface area contributed by atoms with Gasteiger partial charge >= 0.3 is 0 Å². The summed E-state index contributed by atoms with van der Waals surface area (Å²) < 4.78 is 145. The van der Waals surface area contributed by atoms with Gasteiger partial charge in [-0.1, -0.05) is 365 Å². The third-order valence-corrected chi connectivity index (χ3v) is 25.2. The predicted molar refractivity (Wildman–Crippen MR) is 513 cm³/mol. The lowest BCUT2D eigenvalue weighted by molar-refractivity contribution is 0.590. The van der Waals surface area contributed by atoms with Gasteiger partial charge in [-0.2, -0.15) is 0 Å². The van der Waals surface area contributed by atoms with Crippen LogP contribution in [0.2, 0.25) is 0 Å². The highest BCUT2D eigenvalue weighted by molar-refractivity contribution is 7.00. The van der Waals surface area contributed by atoms with E-state index in [4.69, 9.17) is 0 Å². The van der Waals surface area contributed by atoms with Crippen molar-refractivity contribution in [1.82, 2.24) is 8.80 Å². The Morgan fingerprint density at radius 1 is 0.235 bits per heavy atom. The molecular formula is C114H87BN4. The highest BCUT2D eigenvalue weighted by atomic mass is 15.2. The Morgan fingerprint density at radius 3 is 0.807 bits per heavy atom. The summed E-state index contributed by atoms with van der Waals surface area (Å²) in [5.74, 6) is 0. The van der Waals surface area contributed by atoms with Gasteiger partial charge in [-0.05, 0) is 175 Å². The molecule has 5 heteroatoms. The van der Waals surface area contributed by atoms with Crippen LogP contribution in [0.5, 0.6) is 0 Å². The van der Waals surface area contributed by atoms with E-state index in [1.54, 1.807) is 0 Å². The van der Waals surface area contributed by atoms with Gasteiger partial charge in [0.1, 0.15) is 0 Å². The molecule has 4 nitrogen and oxygen atoms in total. The molecule has 4 aromatic heterocycles. The lowest BCUT2D eigenvalue weighted by Gasteiger charge is -2.47. The van der Waals surface area contributed by atoms with E-state index in [-0.39, 0.29) is 90.6 Å². The number of nitrogens with zero attached hydrogens (tertiary/aromatic N) is 4. The van der Waals surface area contributed by atoms with Crippen LogP contribution >= 0.6 is 0 Å². The first kappa shape index (κ1) is 57.1. The molecule has 119 heavy (non-hydrogen) atoms. The average Bonchev–Trinajstić information content (AvgIpc) is 1.43. The fourth-order valence-electron chi connectivity index (χ4n) is 19.5. The van der Waals surface area contributed by atoms with Crippen molar-refractivity contribution in [2.24, 2.45) is 0 Å². The van der Waals surface area contributed by atoms with Gasteiger partial charge in [0, 0.05) is 88.1 Å². The molecule has 0 aliphatic carbocycles. The van der Waals surface area contributed by atoms with E-state index in [9.17, 15) is 19.2 Å². The van der Waals surface area contributed by atoms with Crippen molar-refractivity contribution in [3.8, 4) is 44.5 Å². The standard InChI is InChI=1S/C114H87BN4/c1-112(2,3)74-60-91(70-36-14-10-15-37-70)110(92(61-74)71-38-16-11-17-39-71)118-103-68-101-95(83-50-28-24-46-79(83)77-44-22-26-48-81(77)87-54-34-56-89-85-52-30-32-58-99(85)116(101)108(87)89)66-97(103)115-98-67-96-84-51-29-25-47-80(84)78-45-23-27-49-82(78)88-55-35-57-90-86-53-31-33-59-100(86)117(109(88)90)102(96)69-104(98)119(106-65-76(114(7,8)9)64-105(118)107(106)115)111-93(72-40-18-12-19-41-72)62-75(113(4,5)6)63-94(111)73-42-20-13-21-43-73/h10-69H,1-9H3/i30D,31D,32D,33D,34D,35D,52D,53D,54D,55D,56D,57D,58D,59D. The number of hydrogen-bond acceptors (Lipinski definition) is 2. The average molecular weight is 1540 g/mol. The molecule has 0 radical (unpaired) electrons. The van der Waals surface area contributed by atoms with Crippen LogP contribution in [-0.4, -0.2) is 15.5 Å². The smallest absolute Gasteiger partial charge is 0.252 e. The first-order valence-electron chi connectivity index (χ1n) is 48.0. The van der Waals surface area contributed by atoms with Crippen LogP contribution in [0, 0.1) is 0 Å². The molecule has 0 amide bonds. The first-order chi connectivity index (χ1) is 63.8. The second kappa shape index (κ2) is 26.3. The lowest BCUT2D eigenvalue weighted by Crippen LogP contribution is -2.61. The molecule has 0 N–H and O–H groups in total. The maximum Gasteiger partial charge on any atom is 0.252 e. The molecule has 2 aliphatic rings. The Hall–Kier alpha value is -14.0. The summed E-state index contributed by atoms with van der Waals surface area (Å²) in [5, 5.41) is 7.60. The predicted octanol–water partition coefficient (Wildman–Crippen LogP) is 29.5. The molecule has 0 fully saturated rings. The van der Waals surface area contributed by atoms with Crippen LogP contribution in [0.3, 0.4) is 0 Å². The molecule has 0 spiro atoms. The molecule has 21 aromatic rings. The minimum atomic E-state index is -0.859. The van der Waals surface area contributed by atoms with Crippen LogP contribution in [0.1, 0.15) is 98.2 Å². The van der Waals surface area contributed by atoms with Gasteiger partial charge in [-0.15, -0.1) is 0 Å². The van der Waals surface area contributed by atoms with Crippen molar-refractivity contribution in [1.29, 1.82) is 0 Å². The summed E-state index contributed by atoms with van der Waals surface area (Å²) in [6.07, 6.45) is 0. The zero-order chi connectivity index (χ0) is 92.2. The van der Waals surface area contributed by atoms with Crippen molar-refractivity contribution in [2.75, 3.05) is 9.80 Å². The van der Waals surface area contributed by atoms with E-state index in [0.717, 1.165) is 122 Å². The highest BCUT2D eigenvalue weighted by Crippen LogP contribution is 2.57. The molecular weight excluding hydrogens is 1440 g/mol. The van der Waals surface area contributed by atoms with Crippen molar-refractivity contribution in [2.45, 2.75) is 78.6 Å². The molecule has 2 aliphatic heterocycles. The zero-order valence-electron chi connectivity index (χ0n) is 81.4. The fourth-order valence-corrected chi connectivity index (χ4v) is 19.5. The molecule has 0 saturated carbocycles. The normalized spacial score (nSPS) is 14.7. The number of para-hydroxylation sites is 4. The summed E-state index contributed by atoms with van der Waals surface area (Å²) in [5.41, 5.74) is 17.4. The Labute approximate surface area is 713 Å². The summed E-state index contributed by atoms with van der Waals surface area (Å²) in [7, 11) is 0. The van der Waals surface area contributed by atoms with Gasteiger partial charge in [0.05, 0.1) is 63.7 Å². The zero-order valence-corrected chi connectivity index (χ0v) is 67.4. The van der Waals surface area contributed by atoms with Crippen molar-refractivity contribution in [3.05, 3.63) is 380 Å². The van der Waals surface area contributed by atoms with Crippen LogP contribution in [0.4, 0.5) is 34.1 Å². The van der Waals surface area contributed by atoms with Crippen molar-refractivity contribution in [3.63, 3.8) is 0 Å². The largest absolute Gasteiger partial charge is 0.310 e. The Kier molecular flexibility index (Phi) is 12.6. The number of fused-ring (bicyclic) bond motifs is 24. The van der Waals surface area contributed by atoms with Crippen LogP contribution in [0.15, 0.2) is 364 Å². The van der Waals surface area contributed by atoms with Gasteiger partial charge in [0.2, 0.25) is 0 Å². The number of aromatic nitrogens is 2.